The Hall–Kier alpha value is -2.66. The van der Waals surface area contributed by atoms with E-state index >= 15 is 0 Å². The zero-order valence-electron chi connectivity index (χ0n) is 15.6. The number of hydrogen-bond acceptors (Lipinski definition) is 2. The van der Waals surface area contributed by atoms with Gasteiger partial charge in [-0.3, -0.25) is 4.31 Å². The summed E-state index contributed by atoms with van der Waals surface area (Å²) in [6, 6.07) is 18.4. The van der Waals surface area contributed by atoms with Gasteiger partial charge >= 0.3 is 0 Å². The van der Waals surface area contributed by atoms with E-state index in [9.17, 15) is 12.8 Å². The predicted octanol–water partition coefficient (Wildman–Crippen LogP) is 5.15. The van der Waals surface area contributed by atoms with Crippen LogP contribution in [0.5, 0.6) is 0 Å². The Labute approximate surface area is 160 Å². The van der Waals surface area contributed by atoms with E-state index in [2.05, 4.69) is 0 Å². The zero-order chi connectivity index (χ0) is 19.6. The molecule has 0 aliphatic rings. The third-order valence-corrected chi connectivity index (χ3v) is 6.13. The fourth-order valence-electron chi connectivity index (χ4n) is 3.00. The predicted molar refractivity (Wildman–Crippen MR) is 107 cm³/mol. The van der Waals surface area contributed by atoms with Crippen LogP contribution >= 0.6 is 0 Å². The SMILES string of the molecule is Cc1ccc(S(=O)(=O)N(Cc2ccc(F)cc2)c2cc(C)cc(C)c2)cc1. The Morgan fingerprint density at radius 1 is 0.778 bits per heavy atom. The maximum absolute atomic E-state index is 13.4. The first-order valence-corrected chi connectivity index (χ1v) is 10.1. The lowest BCUT2D eigenvalue weighted by atomic mass is 10.1. The van der Waals surface area contributed by atoms with E-state index in [1.165, 1.54) is 16.4 Å². The molecule has 5 heteroatoms. The van der Waals surface area contributed by atoms with Crippen LogP contribution in [0.25, 0.3) is 0 Å². The molecule has 0 spiro atoms. The first-order valence-electron chi connectivity index (χ1n) is 8.68. The van der Waals surface area contributed by atoms with Gasteiger partial charge in [0.05, 0.1) is 17.1 Å². The molecule has 0 atom stereocenters. The van der Waals surface area contributed by atoms with Crippen LogP contribution in [0.15, 0.2) is 71.6 Å². The molecular weight excluding hydrogens is 361 g/mol. The van der Waals surface area contributed by atoms with E-state index in [1.807, 2.05) is 39.0 Å². The Bertz CT molecular complexity index is 1020. The number of sulfonamides is 1. The average molecular weight is 383 g/mol. The van der Waals surface area contributed by atoms with Gasteiger partial charge < -0.3 is 0 Å². The first-order chi connectivity index (χ1) is 12.8. The monoisotopic (exact) mass is 383 g/mol. The molecule has 3 aromatic carbocycles. The molecule has 27 heavy (non-hydrogen) atoms. The minimum atomic E-state index is -3.77. The van der Waals surface area contributed by atoms with Gasteiger partial charge in [0.15, 0.2) is 0 Å². The molecule has 0 radical (unpaired) electrons. The Morgan fingerprint density at radius 3 is 1.89 bits per heavy atom. The summed E-state index contributed by atoms with van der Waals surface area (Å²) in [5.74, 6) is -0.349. The van der Waals surface area contributed by atoms with E-state index in [-0.39, 0.29) is 17.3 Å². The molecule has 3 nitrogen and oxygen atoms in total. The van der Waals surface area contributed by atoms with E-state index in [1.54, 1.807) is 36.4 Å². The van der Waals surface area contributed by atoms with Gasteiger partial charge in [0.2, 0.25) is 0 Å². The van der Waals surface area contributed by atoms with Crippen molar-refractivity contribution in [1.82, 2.24) is 0 Å². The van der Waals surface area contributed by atoms with Crippen molar-refractivity contribution in [3.63, 3.8) is 0 Å². The molecule has 0 amide bonds. The van der Waals surface area contributed by atoms with E-state index in [4.69, 9.17) is 0 Å². The van der Waals surface area contributed by atoms with Gasteiger partial charge in [0.25, 0.3) is 10.0 Å². The molecule has 0 unspecified atom stereocenters. The second-order valence-corrected chi connectivity index (χ2v) is 8.66. The highest BCUT2D eigenvalue weighted by Gasteiger charge is 2.25. The van der Waals surface area contributed by atoms with Gasteiger partial charge in [-0.25, -0.2) is 12.8 Å². The minimum Gasteiger partial charge on any atom is -0.262 e. The average Bonchev–Trinajstić information content (AvgIpc) is 2.60. The molecule has 0 saturated heterocycles. The molecule has 0 saturated carbocycles. The topological polar surface area (TPSA) is 37.4 Å². The van der Waals surface area contributed by atoms with Crippen LogP contribution in [0, 0.1) is 26.6 Å². The summed E-state index contributed by atoms with van der Waals surface area (Å²) >= 11 is 0. The van der Waals surface area contributed by atoms with Crippen LogP contribution in [-0.2, 0) is 16.6 Å². The third-order valence-electron chi connectivity index (χ3n) is 4.34. The number of hydrogen-bond donors (Lipinski definition) is 0. The third kappa shape index (κ3) is 4.37. The second kappa shape index (κ2) is 7.53. The molecule has 0 N–H and O–H groups in total. The molecule has 0 fully saturated rings. The van der Waals surface area contributed by atoms with Gasteiger partial charge in [-0.15, -0.1) is 0 Å². The van der Waals surface area contributed by atoms with Crippen molar-refractivity contribution in [1.29, 1.82) is 0 Å². The van der Waals surface area contributed by atoms with Gasteiger partial charge in [0.1, 0.15) is 5.82 Å². The number of aryl methyl sites for hydroxylation is 3. The van der Waals surface area contributed by atoms with Crippen molar-refractivity contribution >= 4 is 15.7 Å². The summed E-state index contributed by atoms with van der Waals surface area (Å²) in [6.07, 6.45) is 0. The summed E-state index contributed by atoms with van der Waals surface area (Å²) in [4.78, 5) is 0.231. The molecular formula is C22H22FNO2S. The van der Waals surface area contributed by atoms with E-state index in [0.29, 0.717) is 11.3 Å². The summed E-state index contributed by atoms with van der Waals surface area (Å²) < 4.78 is 41.4. The quantitative estimate of drug-likeness (QED) is 0.611. The molecule has 3 rings (SSSR count). The van der Waals surface area contributed by atoms with Crippen molar-refractivity contribution < 1.29 is 12.8 Å². The van der Waals surface area contributed by atoms with Crippen LogP contribution in [0.2, 0.25) is 0 Å². The van der Waals surface area contributed by atoms with Crippen molar-refractivity contribution in [3.8, 4) is 0 Å². The molecule has 0 aromatic heterocycles. The Kier molecular flexibility index (Phi) is 5.33. The first kappa shape index (κ1) is 19.1. The Morgan fingerprint density at radius 2 is 1.33 bits per heavy atom. The fourth-order valence-corrected chi connectivity index (χ4v) is 4.44. The highest BCUT2D eigenvalue weighted by atomic mass is 32.2. The standard InChI is InChI=1S/C22H22FNO2S/c1-16-4-10-22(11-5-16)27(25,26)24(15-19-6-8-20(23)9-7-19)21-13-17(2)12-18(3)14-21/h4-14H,15H2,1-3H3. The molecule has 0 bridgehead atoms. The number of halogens is 1. The van der Waals surface area contributed by atoms with E-state index < -0.39 is 10.0 Å². The molecule has 0 heterocycles. The molecule has 3 aromatic rings. The lowest BCUT2D eigenvalue weighted by Crippen LogP contribution is -2.30. The van der Waals surface area contributed by atoms with Crippen LogP contribution in [0.3, 0.4) is 0 Å². The fraction of sp³-hybridized carbons (Fsp3) is 0.182. The molecule has 140 valence electrons. The summed E-state index contributed by atoms with van der Waals surface area (Å²) in [6.45, 7) is 5.91. The second-order valence-electron chi connectivity index (χ2n) is 6.80. The number of rotatable bonds is 5. The van der Waals surface area contributed by atoms with Gasteiger partial charge in [0, 0.05) is 0 Å². The Balaban J connectivity index is 2.11. The van der Waals surface area contributed by atoms with Crippen LogP contribution in [0.4, 0.5) is 10.1 Å². The molecule has 0 aliphatic carbocycles. The maximum Gasteiger partial charge on any atom is 0.264 e. The van der Waals surface area contributed by atoms with Crippen molar-refractivity contribution in [3.05, 3.63) is 94.8 Å². The van der Waals surface area contributed by atoms with Crippen molar-refractivity contribution in [2.24, 2.45) is 0 Å². The number of anilines is 1. The van der Waals surface area contributed by atoms with Gasteiger partial charge in [-0.1, -0.05) is 35.9 Å². The highest BCUT2D eigenvalue weighted by molar-refractivity contribution is 7.92. The highest BCUT2D eigenvalue weighted by Crippen LogP contribution is 2.28. The lowest BCUT2D eigenvalue weighted by Gasteiger charge is -2.25. The van der Waals surface area contributed by atoms with E-state index in [0.717, 1.165) is 16.7 Å². The summed E-state index contributed by atoms with van der Waals surface area (Å²) in [5.41, 5.74) is 4.26. The smallest absolute Gasteiger partial charge is 0.262 e. The summed E-state index contributed by atoms with van der Waals surface area (Å²) in [5, 5.41) is 0. The van der Waals surface area contributed by atoms with Gasteiger partial charge in [-0.2, -0.15) is 0 Å². The van der Waals surface area contributed by atoms with Gasteiger partial charge in [-0.05, 0) is 73.9 Å². The number of nitrogens with zero attached hydrogens (tertiary/aromatic N) is 1. The largest absolute Gasteiger partial charge is 0.264 e. The lowest BCUT2D eigenvalue weighted by molar-refractivity contribution is 0.590. The maximum atomic E-state index is 13.4. The zero-order valence-corrected chi connectivity index (χ0v) is 16.4. The van der Waals surface area contributed by atoms with Crippen LogP contribution in [-0.4, -0.2) is 8.42 Å². The summed E-state index contributed by atoms with van der Waals surface area (Å²) in [7, 11) is -3.77. The van der Waals surface area contributed by atoms with Crippen LogP contribution < -0.4 is 4.31 Å². The normalized spacial score (nSPS) is 11.4. The van der Waals surface area contributed by atoms with Crippen LogP contribution in [0.1, 0.15) is 22.3 Å². The minimum absolute atomic E-state index is 0.124. The molecule has 0 aliphatic heterocycles. The number of benzene rings is 3. The van der Waals surface area contributed by atoms with Crippen molar-refractivity contribution in [2.75, 3.05) is 4.31 Å². The van der Waals surface area contributed by atoms with Crippen molar-refractivity contribution in [2.45, 2.75) is 32.2 Å².